The molecule has 1 aromatic carbocycles. The Labute approximate surface area is 91.8 Å². The van der Waals surface area contributed by atoms with E-state index >= 15 is 0 Å². The van der Waals surface area contributed by atoms with Gasteiger partial charge in [-0.25, -0.2) is 4.98 Å². The molecule has 3 aromatic rings. The van der Waals surface area contributed by atoms with Gasteiger partial charge in [0.1, 0.15) is 0 Å². The largest absolute Gasteiger partial charge is 0.314 e. The second-order valence-electron chi connectivity index (χ2n) is 3.93. The number of aromatic nitrogens is 3. The Kier molecular flexibility index (Phi) is 1.68. The Hall–Kier alpha value is -2.10. The van der Waals surface area contributed by atoms with Gasteiger partial charge in [0.15, 0.2) is 0 Å². The number of nitrogens with zero attached hydrogens (tertiary/aromatic N) is 3. The second-order valence-corrected chi connectivity index (χ2v) is 3.93. The molecule has 80 valence electrons. The van der Waals surface area contributed by atoms with Crippen LogP contribution in [0.3, 0.4) is 0 Å². The lowest BCUT2D eigenvalue weighted by Gasteiger charge is -2.09. The van der Waals surface area contributed by atoms with Crippen LogP contribution in [0.5, 0.6) is 0 Å². The number of para-hydroxylation sites is 1. The van der Waals surface area contributed by atoms with Crippen LogP contribution in [0.1, 0.15) is 5.56 Å². The molecular weight excluding hydrogens is 202 g/mol. The van der Waals surface area contributed by atoms with E-state index in [4.69, 9.17) is 0 Å². The zero-order chi connectivity index (χ0) is 11.3. The Morgan fingerprint density at radius 3 is 2.94 bits per heavy atom. The van der Waals surface area contributed by atoms with Gasteiger partial charge in [0.2, 0.25) is 5.78 Å². The summed E-state index contributed by atoms with van der Waals surface area (Å²) in [6.45, 7) is 2.00. The molecule has 0 spiro atoms. The lowest BCUT2D eigenvalue weighted by Crippen LogP contribution is -2.17. The highest BCUT2D eigenvalue weighted by atomic mass is 16.1. The lowest BCUT2D eigenvalue weighted by molar-refractivity contribution is 0.909. The standard InChI is InChI=1S/C12H11N3O/c1-8-4-3-5-9-10(8)14(2)12-13-6-7-15(12)11(9)16/h3-7H,1-2H3. The molecule has 0 amide bonds. The van der Waals surface area contributed by atoms with Crippen LogP contribution in [0.15, 0.2) is 35.4 Å². The molecule has 4 heteroatoms. The molecule has 0 radical (unpaired) electrons. The van der Waals surface area contributed by atoms with Crippen molar-refractivity contribution in [1.29, 1.82) is 0 Å². The molecule has 0 saturated heterocycles. The molecule has 0 aliphatic carbocycles. The third-order valence-corrected chi connectivity index (χ3v) is 2.94. The molecule has 3 rings (SSSR count). The molecule has 0 aliphatic heterocycles. The van der Waals surface area contributed by atoms with Crippen LogP contribution < -0.4 is 5.56 Å². The minimum atomic E-state index is -0.00991. The van der Waals surface area contributed by atoms with Crippen molar-refractivity contribution in [3.05, 3.63) is 46.5 Å². The van der Waals surface area contributed by atoms with Gasteiger partial charge in [0.25, 0.3) is 5.56 Å². The highest BCUT2D eigenvalue weighted by Gasteiger charge is 2.09. The fraction of sp³-hybridized carbons (Fsp3) is 0.167. The van der Waals surface area contributed by atoms with Crippen molar-refractivity contribution in [2.45, 2.75) is 6.92 Å². The summed E-state index contributed by atoms with van der Waals surface area (Å²) in [5.41, 5.74) is 2.03. The van der Waals surface area contributed by atoms with Gasteiger partial charge in [-0.3, -0.25) is 9.20 Å². The molecule has 0 atom stereocenters. The Bertz CT molecular complexity index is 752. The van der Waals surface area contributed by atoms with Gasteiger partial charge >= 0.3 is 0 Å². The van der Waals surface area contributed by atoms with E-state index in [1.807, 2.05) is 36.7 Å². The fourth-order valence-corrected chi connectivity index (χ4v) is 2.21. The average Bonchev–Trinajstić information content (AvgIpc) is 2.75. The van der Waals surface area contributed by atoms with Gasteiger partial charge in [0, 0.05) is 19.4 Å². The molecule has 2 heterocycles. The van der Waals surface area contributed by atoms with Crippen molar-refractivity contribution >= 4 is 16.7 Å². The number of benzene rings is 1. The number of hydrogen-bond donors (Lipinski definition) is 0. The summed E-state index contributed by atoms with van der Waals surface area (Å²) in [6, 6.07) is 5.76. The molecule has 0 unspecified atom stereocenters. The van der Waals surface area contributed by atoms with Crippen molar-refractivity contribution in [2.24, 2.45) is 7.05 Å². The van der Waals surface area contributed by atoms with Crippen LogP contribution in [0.25, 0.3) is 16.7 Å². The van der Waals surface area contributed by atoms with Crippen molar-refractivity contribution in [1.82, 2.24) is 14.0 Å². The summed E-state index contributed by atoms with van der Waals surface area (Å²) in [5, 5.41) is 0.730. The molecule has 2 aromatic heterocycles. The summed E-state index contributed by atoms with van der Waals surface area (Å²) in [6.07, 6.45) is 3.34. The average molecular weight is 213 g/mol. The highest BCUT2D eigenvalue weighted by molar-refractivity contribution is 5.83. The van der Waals surface area contributed by atoms with Gasteiger partial charge in [-0.15, -0.1) is 0 Å². The normalized spacial score (nSPS) is 11.4. The smallest absolute Gasteiger partial charge is 0.266 e. The Morgan fingerprint density at radius 1 is 1.31 bits per heavy atom. The first-order chi connectivity index (χ1) is 7.70. The van der Waals surface area contributed by atoms with Gasteiger partial charge < -0.3 is 4.57 Å². The maximum Gasteiger partial charge on any atom is 0.266 e. The number of hydrogen-bond acceptors (Lipinski definition) is 2. The number of rotatable bonds is 0. The van der Waals surface area contributed by atoms with Gasteiger partial charge in [-0.2, -0.15) is 0 Å². The first-order valence-electron chi connectivity index (χ1n) is 5.11. The lowest BCUT2D eigenvalue weighted by atomic mass is 10.1. The third kappa shape index (κ3) is 0.984. The molecule has 0 bridgehead atoms. The van der Waals surface area contributed by atoms with Crippen molar-refractivity contribution in [2.75, 3.05) is 0 Å². The number of imidazole rings is 1. The van der Waals surface area contributed by atoms with Gasteiger partial charge in [0.05, 0.1) is 10.9 Å². The van der Waals surface area contributed by atoms with Crippen molar-refractivity contribution in [3.8, 4) is 0 Å². The van der Waals surface area contributed by atoms with Crippen LogP contribution in [0.2, 0.25) is 0 Å². The monoisotopic (exact) mass is 213 g/mol. The van der Waals surface area contributed by atoms with E-state index < -0.39 is 0 Å². The van der Waals surface area contributed by atoms with E-state index in [2.05, 4.69) is 4.98 Å². The topological polar surface area (TPSA) is 39.3 Å². The maximum absolute atomic E-state index is 12.2. The minimum absolute atomic E-state index is 0.00991. The van der Waals surface area contributed by atoms with E-state index in [9.17, 15) is 4.79 Å². The third-order valence-electron chi connectivity index (χ3n) is 2.94. The molecular formula is C12H11N3O. The van der Waals surface area contributed by atoms with Crippen LogP contribution in [-0.4, -0.2) is 14.0 Å². The Balaban J connectivity index is 2.76. The molecule has 0 N–H and O–H groups in total. The molecule has 0 aliphatic rings. The van der Waals surface area contributed by atoms with E-state index in [1.54, 1.807) is 16.8 Å². The predicted molar refractivity (Wildman–Crippen MR) is 62.7 cm³/mol. The van der Waals surface area contributed by atoms with Crippen molar-refractivity contribution in [3.63, 3.8) is 0 Å². The minimum Gasteiger partial charge on any atom is -0.314 e. The zero-order valence-corrected chi connectivity index (χ0v) is 9.14. The van der Waals surface area contributed by atoms with Gasteiger partial charge in [-0.1, -0.05) is 12.1 Å². The summed E-state index contributed by atoms with van der Waals surface area (Å²) >= 11 is 0. The van der Waals surface area contributed by atoms with E-state index in [0.717, 1.165) is 16.5 Å². The van der Waals surface area contributed by atoms with Crippen molar-refractivity contribution < 1.29 is 0 Å². The number of aryl methyl sites for hydroxylation is 2. The first kappa shape index (κ1) is 9.15. The van der Waals surface area contributed by atoms with Crippen LogP contribution >= 0.6 is 0 Å². The highest BCUT2D eigenvalue weighted by Crippen LogP contribution is 2.15. The number of fused-ring (bicyclic) bond motifs is 2. The molecule has 0 fully saturated rings. The maximum atomic E-state index is 12.2. The molecule has 4 nitrogen and oxygen atoms in total. The molecule has 16 heavy (non-hydrogen) atoms. The zero-order valence-electron chi connectivity index (χ0n) is 9.14. The van der Waals surface area contributed by atoms with Crippen LogP contribution in [0, 0.1) is 6.92 Å². The summed E-state index contributed by atoms with van der Waals surface area (Å²) in [7, 11) is 1.93. The predicted octanol–water partition coefficient (Wildman–Crippen LogP) is 1.49. The quantitative estimate of drug-likeness (QED) is 0.567. The van der Waals surface area contributed by atoms with Gasteiger partial charge in [-0.05, 0) is 18.6 Å². The molecule has 0 saturated carbocycles. The summed E-state index contributed by atoms with van der Waals surface area (Å²) in [4.78, 5) is 16.4. The fourth-order valence-electron chi connectivity index (χ4n) is 2.21. The Morgan fingerprint density at radius 2 is 2.12 bits per heavy atom. The van der Waals surface area contributed by atoms with E-state index in [1.165, 1.54) is 0 Å². The first-order valence-corrected chi connectivity index (χ1v) is 5.11. The SMILES string of the molecule is Cc1cccc2c(=O)n3ccnc3n(C)c12. The van der Waals surface area contributed by atoms with Crippen LogP contribution in [0.4, 0.5) is 0 Å². The summed E-state index contributed by atoms with van der Waals surface area (Å²) in [5.74, 6) is 0.673. The summed E-state index contributed by atoms with van der Waals surface area (Å²) < 4.78 is 3.52. The van der Waals surface area contributed by atoms with Crippen LogP contribution in [-0.2, 0) is 7.05 Å². The van der Waals surface area contributed by atoms with E-state index in [-0.39, 0.29) is 5.56 Å². The van der Waals surface area contributed by atoms with E-state index in [0.29, 0.717) is 5.78 Å². The second kappa shape index (κ2) is 2.95.